The number of rotatable bonds is 4. The first-order chi connectivity index (χ1) is 9.08. The van der Waals surface area contributed by atoms with Gasteiger partial charge in [0.15, 0.2) is 0 Å². The van der Waals surface area contributed by atoms with Gasteiger partial charge in [0.05, 0.1) is 0 Å². The van der Waals surface area contributed by atoms with Crippen molar-refractivity contribution in [3.63, 3.8) is 0 Å². The number of aryl methyl sites for hydroxylation is 1. The standard InChI is InChI=1S/C16H18N2S/c1-11-8-9-14(16(17)19)15(10-11)18-12(2)13-6-4-3-5-7-13/h3-10,12,18H,1-2H3,(H2,17,19). The third kappa shape index (κ3) is 3.32. The van der Waals surface area contributed by atoms with Crippen LogP contribution in [0, 0.1) is 6.92 Å². The molecule has 2 aromatic rings. The molecule has 0 saturated carbocycles. The van der Waals surface area contributed by atoms with Crippen LogP contribution < -0.4 is 11.1 Å². The molecule has 2 aromatic carbocycles. The van der Waals surface area contributed by atoms with Crippen LogP contribution in [-0.4, -0.2) is 4.99 Å². The molecule has 0 aromatic heterocycles. The Morgan fingerprint density at radius 3 is 2.47 bits per heavy atom. The lowest BCUT2D eigenvalue weighted by Crippen LogP contribution is -2.15. The van der Waals surface area contributed by atoms with Gasteiger partial charge in [-0.25, -0.2) is 0 Å². The number of thiocarbonyl (C=S) groups is 1. The third-order valence-corrected chi connectivity index (χ3v) is 3.33. The lowest BCUT2D eigenvalue weighted by molar-refractivity contribution is 0.884. The van der Waals surface area contributed by atoms with Crippen molar-refractivity contribution in [2.24, 2.45) is 5.73 Å². The van der Waals surface area contributed by atoms with E-state index in [2.05, 4.69) is 37.4 Å². The van der Waals surface area contributed by atoms with Crippen molar-refractivity contribution in [1.29, 1.82) is 0 Å². The van der Waals surface area contributed by atoms with Crippen molar-refractivity contribution in [2.75, 3.05) is 5.32 Å². The summed E-state index contributed by atoms with van der Waals surface area (Å²) in [5, 5.41) is 3.48. The number of hydrogen-bond acceptors (Lipinski definition) is 2. The van der Waals surface area contributed by atoms with Gasteiger partial charge in [-0.15, -0.1) is 0 Å². The molecular formula is C16H18N2S. The Morgan fingerprint density at radius 1 is 1.16 bits per heavy atom. The highest BCUT2D eigenvalue weighted by molar-refractivity contribution is 7.80. The van der Waals surface area contributed by atoms with Gasteiger partial charge in [0.25, 0.3) is 0 Å². The van der Waals surface area contributed by atoms with E-state index in [0.717, 1.165) is 11.3 Å². The first-order valence-electron chi connectivity index (χ1n) is 6.30. The van der Waals surface area contributed by atoms with Crippen molar-refractivity contribution in [2.45, 2.75) is 19.9 Å². The van der Waals surface area contributed by atoms with Crippen LogP contribution in [0.3, 0.4) is 0 Å². The Labute approximate surface area is 119 Å². The molecule has 2 rings (SSSR count). The number of nitrogens with one attached hydrogen (secondary N) is 1. The maximum Gasteiger partial charge on any atom is 0.106 e. The fraction of sp³-hybridized carbons (Fsp3) is 0.188. The van der Waals surface area contributed by atoms with E-state index >= 15 is 0 Å². The molecule has 3 N–H and O–H groups in total. The molecule has 2 nitrogen and oxygen atoms in total. The highest BCUT2D eigenvalue weighted by Crippen LogP contribution is 2.23. The lowest BCUT2D eigenvalue weighted by atomic mass is 10.1. The highest BCUT2D eigenvalue weighted by Gasteiger charge is 2.09. The minimum absolute atomic E-state index is 0.205. The van der Waals surface area contributed by atoms with E-state index in [1.54, 1.807) is 0 Å². The number of nitrogens with two attached hydrogens (primary N) is 1. The minimum atomic E-state index is 0.205. The third-order valence-electron chi connectivity index (χ3n) is 3.11. The predicted molar refractivity (Wildman–Crippen MR) is 85.5 cm³/mol. The molecule has 0 saturated heterocycles. The second-order valence-corrected chi connectivity index (χ2v) is 5.13. The minimum Gasteiger partial charge on any atom is -0.389 e. The molecule has 19 heavy (non-hydrogen) atoms. The van der Waals surface area contributed by atoms with Crippen molar-refractivity contribution in [3.05, 3.63) is 65.2 Å². The van der Waals surface area contributed by atoms with E-state index in [-0.39, 0.29) is 6.04 Å². The van der Waals surface area contributed by atoms with Crippen molar-refractivity contribution in [3.8, 4) is 0 Å². The van der Waals surface area contributed by atoms with E-state index < -0.39 is 0 Å². The molecule has 0 amide bonds. The highest BCUT2D eigenvalue weighted by atomic mass is 32.1. The average molecular weight is 270 g/mol. The van der Waals surface area contributed by atoms with E-state index in [9.17, 15) is 0 Å². The molecule has 0 bridgehead atoms. The van der Waals surface area contributed by atoms with E-state index in [0.29, 0.717) is 4.99 Å². The lowest BCUT2D eigenvalue weighted by Gasteiger charge is -2.18. The summed E-state index contributed by atoms with van der Waals surface area (Å²) in [4.78, 5) is 0.419. The van der Waals surface area contributed by atoms with Gasteiger partial charge in [-0.05, 0) is 37.1 Å². The molecule has 0 spiro atoms. The fourth-order valence-corrected chi connectivity index (χ4v) is 2.23. The Balaban J connectivity index is 2.28. The first kappa shape index (κ1) is 13.6. The van der Waals surface area contributed by atoms with Crippen LogP contribution in [0.25, 0.3) is 0 Å². The summed E-state index contributed by atoms with van der Waals surface area (Å²) in [5.41, 5.74) is 10.1. The van der Waals surface area contributed by atoms with Crippen LogP contribution >= 0.6 is 12.2 Å². The number of hydrogen-bond donors (Lipinski definition) is 2. The van der Waals surface area contributed by atoms with Crippen molar-refractivity contribution >= 4 is 22.9 Å². The van der Waals surface area contributed by atoms with Crippen LogP contribution in [0.5, 0.6) is 0 Å². The zero-order chi connectivity index (χ0) is 13.8. The van der Waals surface area contributed by atoms with Gasteiger partial charge in [-0.3, -0.25) is 0 Å². The van der Waals surface area contributed by atoms with Crippen LogP contribution in [-0.2, 0) is 0 Å². The van der Waals surface area contributed by atoms with Gasteiger partial charge in [0.1, 0.15) is 4.99 Å². The van der Waals surface area contributed by atoms with Crippen LogP contribution in [0.15, 0.2) is 48.5 Å². The SMILES string of the molecule is Cc1ccc(C(N)=S)c(NC(C)c2ccccc2)c1. The van der Waals surface area contributed by atoms with E-state index in [4.69, 9.17) is 18.0 Å². The molecular weight excluding hydrogens is 252 g/mol. The van der Waals surface area contributed by atoms with Gasteiger partial charge < -0.3 is 11.1 Å². The van der Waals surface area contributed by atoms with Gasteiger partial charge in [-0.1, -0.05) is 48.6 Å². The number of benzene rings is 2. The summed E-state index contributed by atoms with van der Waals surface area (Å²) in [6.07, 6.45) is 0. The topological polar surface area (TPSA) is 38.0 Å². The molecule has 0 aliphatic rings. The van der Waals surface area contributed by atoms with Gasteiger partial charge in [0.2, 0.25) is 0 Å². The zero-order valence-electron chi connectivity index (χ0n) is 11.2. The molecule has 1 unspecified atom stereocenters. The molecule has 0 fully saturated rings. The van der Waals surface area contributed by atoms with Gasteiger partial charge in [0, 0.05) is 17.3 Å². The van der Waals surface area contributed by atoms with E-state index in [1.807, 2.05) is 30.3 Å². The maximum atomic E-state index is 5.77. The Morgan fingerprint density at radius 2 is 1.84 bits per heavy atom. The summed E-state index contributed by atoms with van der Waals surface area (Å²) in [6, 6.07) is 16.6. The van der Waals surface area contributed by atoms with Gasteiger partial charge >= 0.3 is 0 Å². The molecule has 0 radical (unpaired) electrons. The summed E-state index contributed by atoms with van der Waals surface area (Å²) in [5.74, 6) is 0. The Bertz CT molecular complexity index is 579. The molecule has 0 aliphatic heterocycles. The normalized spacial score (nSPS) is 11.9. The first-order valence-corrected chi connectivity index (χ1v) is 6.70. The van der Waals surface area contributed by atoms with Gasteiger partial charge in [-0.2, -0.15) is 0 Å². The molecule has 3 heteroatoms. The summed E-state index contributed by atoms with van der Waals surface area (Å²) >= 11 is 5.10. The molecule has 0 heterocycles. The molecule has 0 aliphatic carbocycles. The number of anilines is 1. The largest absolute Gasteiger partial charge is 0.389 e. The Hall–Kier alpha value is -1.87. The van der Waals surface area contributed by atoms with E-state index in [1.165, 1.54) is 11.1 Å². The van der Waals surface area contributed by atoms with Crippen molar-refractivity contribution < 1.29 is 0 Å². The Kier molecular flexibility index (Phi) is 4.17. The summed E-state index contributed by atoms with van der Waals surface area (Å²) in [7, 11) is 0. The average Bonchev–Trinajstić information content (AvgIpc) is 2.39. The fourth-order valence-electron chi connectivity index (χ4n) is 2.05. The second kappa shape index (κ2) is 5.85. The monoisotopic (exact) mass is 270 g/mol. The second-order valence-electron chi connectivity index (χ2n) is 4.69. The molecule has 1 atom stereocenters. The quantitative estimate of drug-likeness (QED) is 0.830. The summed E-state index contributed by atoms with van der Waals surface area (Å²) in [6.45, 7) is 4.18. The maximum absolute atomic E-state index is 5.77. The predicted octanol–water partition coefficient (Wildman–Crippen LogP) is 3.80. The van der Waals surface area contributed by atoms with Crippen LogP contribution in [0.2, 0.25) is 0 Å². The smallest absolute Gasteiger partial charge is 0.106 e. The zero-order valence-corrected chi connectivity index (χ0v) is 12.0. The molecule has 98 valence electrons. The summed E-state index contributed by atoms with van der Waals surface area (Å²) < 4.78 is 0. The van der Waals surface area contributed by atoms with Crippen molar-refractivity contribution in [1.82, 2.24) is 0 Å². The van der Waals surface area contributed by atoms with Crippen LogP contribution in [0.4, 0.5) is 5.69 Å². The van der Waals surface area contributed by atoms with Crippen LogP contribution in [0.1, 0.15) is 29.7 Å².